The molecular formula is C23H21Cl4F3N2O3. The summed E-state index contributed by atoms with van der Waals surface area (Å²) in [6, 6.07) is 9.71. The minimum Gasteiger partial charge on any atom is -0.372 e. The van der Waals surface area contributed by atoms with E-state index < -0.39 is 40.8 Å². The molecule has 2 aromatic rings. The van der Waals surface area contributed by atoms with E-state index in [0.717, 1.165) is 11.1 Å². The van der Waals surface area contributed by atoms with E-state index in [-0.39, 0.29) is 30.2 Å². The average molecular weight is 572 g/mol. The number of alkyl halides is 5. The lowest BCUT2D eigenvalue weighted by Gasteiger charge is -2.11. The van der Waals surface area contributed by atoms with Gasteiger partial charge >= 0.3 is 6.18 Å². The van der Waals surface area contributed by atoms with Crippen molar-refractivity contribution in [3.8, 4) is 0 Å². The molecule has 0 radical (unpaired) electrons. The van der Waals surface area contributed by atoms with E-state index in [2.05, 4.69) is 15.4 Å². The number of rotatable bonds is 9. The van der Waals surface area contributed by atoms with Crippen molar-refractivity contribution in [1.82, 2.24) is 5.32 Å². The molecule has 2 atom stereocenters. The van der Waals surface area contributed by atoms with Gasteiger partial charge in [-0.1, -0.05) is 29.3 Å². The van der Waals surface area contributed by atoms with Gasteiger partial charge in [-0.2, -0.15) is 13.2 Å². The van der Waals surface area contributed by atoms with Gasteiger partial charge in [-0.25, -0.2) is 0 Å². The van der Waals surface area contributed by atoms with Crippen molar-refractivity contribution in [3.05, 3.63) is 63.1 Å². The normalized spacial score (nSPS) is 18.7. The first-order valence-electron chi connectivity index (χ1n) is 10.5. The maximum atomic E-state index is 12.9. The summed E-state index contributed by atoms with van der Waals surface area (Å²) in [5, 5.41) is 5.90. The molecule has 1 fully saturated rings. The van der Waals surface area contributed by atoms with Gasteiger partial charge in [0.25, 0.3) is 5.91 Å². The zero-order valence-electron chi connectivity index (χ0n) is 18.3. The van der Waals surface area contributed by atoms with E-state index in [4.69, 9.17) is 46.4 Å². The van der Waals surface area contributed by atoms with Gasteiger partial charge in [0.05, 0.1) is 16.5 Å². The van der Waals surface area contributed by atoms with Gasteiger partial charge in [0.2, 0.25) is 5.91 Å². The lowest BCUT2D eigenvalue weighted by atomic mass is 10.1. The van der Waals surface area contributed by atoms with Gasteiger partial charge in [0.1, 0.15) is 10.9 Å². The summed E-state index contributed by atoms with van der Waals surface area (Å²) in [7, 11) is 0. The van der Waals surface area contributed by atoms with Crippen molar-refractivity contribution in [2.24, 2.45) is 5.92 Å². The average Bonchev–Trinajstić information content (AvgIpc) is 3.32. The molecule has 0 aliphatic heterocycles. The molecule has 2 amide bonds. The van der Waals surface area contributed by atoms with Crippen molar-refractivity contribution in [2.45, 2.75) is 29.8 Å². The number of halogens is 7. The first-order valence-corrected chi connectivity index (χ1v) is 12.0. The van der Waals surface area contributed by atoms with Gasteiger partial charge in [-0.15, -0.1) is 23.2 Å². The second-order valence-electron chi connectivity index (χ2n) is 8.15. The fourth-order valence-electron chi connectivity index (χ4n) is 3.67. The largest absolute Gasteiger partial charge is 0.411 e. The number of nitrogens with one attached hydrogen (secondary N) is 2. The molecule has 2 aromatic carbocycles. The van der Waals surface area contributed by atoms with Gasteiger partial charge in [0.15, 0.2) is 0 Å². The van der Waals surface area contributed by atoms with Crippen LogP contribution in [0, 0.1) is 12.8 Å². The van der Waals surface area contributed by atoms with Crippen LogP contribution >= 0.6 is 46.4 Å². The summed E-state index contributed by atoms with van der Waals surface area (Å²) in [5.41, 5.74) is 2.04. The van der Waals surface area contributed by atoms with Gasteiger partial charge in [-0.05, 0) is 54.8 Å². The quantitative estimate of drug-likeness (QED) is 0.266. The number of ether oxygens (including phenoxy) is 1. The highest BCUT2D eigenvalue weighted by Gasteiger charge is 2.67. The predicted molar refractivity (Wildman–Crippen MR) is 131 cm³/mol. The van der Waals surface area contributed by atoms with Crippen molar-refractivity contribution < 1.29 is 27.5 Å². The Kier molecular flexibility index (Phi) is 8.86. The Hall–Kier alpha value is -1.71. The number of hydrogen-bond acceptors (Lipinski definition) is 3. The molecule has 5 nitrogen and oxygen atoms in total. The highest BCUT2D eigenvalue weighted by molar-refractivity contribution is 6.53. The van der Waals surface area contributed by atoms with Crippen LogP contribution in [0.4, 0.5) is 18.9 Å². The van der Waals surface area contributed by atoms with Gasteiger partial charge < -0.3 is 15.4 Å². The lowest BCUT2D eigenvalue weighted by molar-refractivity contribution is -0.173. The highest BCUT2D eigenvalue weighted by atomic mass is 35.5. The van der Waals surface area contributed by atoms with Crippen LogP contribution < -0.4 is 10.6 Å². The minimum atomic E-state index is -4.40. The topological polar surface area (TPSA) is 67.4 Å². The highest BCUT2D eigenvalue weighted by Crippen LogP contribution is 2.65. The van der Waals surface area contributed by atoms with E-state index in [1.54, 1.807) is 12.1 Å². The van der Waals surface area contributed by atoms with Crippen LogP contribution in [-0.2, 0) is 9.53 Å². The van der Waals surface area contributed by atoms with E-state index >= 15 is 0 Å². The summed E-state index contributed by atoms with van der Waals surface area (Å²) < 4.78 is 39.4. The van der Waals surface area contributed by atoms with Crippen molar-refractivity contribution in [3.63, 3.8) is 0 Å². The first-order chi connectivity index (χ1) is 16.3. The summed E-state index contributed by atoms with van der Waals surface area (Å²) in [4.78, 5) is 25.4. The number of carbonyl (C=O) groups is 2. The Balaban J connectivity index is 1.59. The number of aryl methyl sites for hydroxylation is 1. The number of carbonyl (C=O) groups excluding carboxylic acids is 2. The molecule has 3 rings (SSSR count). The SMILES string of the molecule is Cc1cc(Cl)cc(C2C(C(=O)Nc3ccc(Cl)c(C(=O)NCCCOCC(F)(F)F)c3)C2(Cl)Cl)c1. The lowest BCUT2D eigenvalue weighted by Crippen LogP contribution is -2.26. The minimum absolute atomic E-state index is 0.0768. The molecule has 0 heterocycles. The Morgan fingerprint density at radius 1 is 1.11 bits per heavy atom. The third kappa shape index (κ3) is 7.40. The monoisotopic (exact) mass is 570 g/mol. The Labute approximate surface area is 220 Å². The molecule has 1 aliphatic carbocycles. The van der Waals surface area contributed by atoms with Crippen molar-refractivity contribution >= 4 is 63.9 Å². The molecule has 1 saturated carbocycles. The van der Waals surface area contributed by atoms with E-state index in [1.807, 2.05) is 13.0 Å². The van der Waals surface area contributed by atoms with Crippen LogP contribution in [0.1, 0.15) is 33.8 Å². The first kappa shape index (κ1) is 27.9. The summed E-state index contributed by atoms with van der Waals surface area (Å²) in [6.45, 7) is 0.427. The van der Waals surface area contributed by atoms with E-state index in [0.29, 0.717) is 10.7 Å². The van der Waals surface area contributed by atoms with Crippen LogP contribution in [0.2, 0.25) is 10.0 Å². The maximum Gasteiger partial charge on any atom is 0.411 e. The number of amides is 2. The summed E-state index contributed by atoms with van der Waals surface area (Å²) in [5.74, 6) is -2.19. The molecule has 2 unspecified atom stereocenters. The number of anilines is 1. The molecule has 12 heteroatoms. The Morgan fingerprint density at radius 2 is 1.83 bits per heavy atom. The van der Waals surface area contributed by atoms with Crippen LogP contribution in [0.15, 0.2) is 36.4 Å². The fraction of sp³-hybridized carbons (Fsp3) is 0.391. The van der Waals surface area contributed by atoms with Crippen molar-refractivity contribution in [2.75, 3.05) is 25.1 Å². The number of hydrogen-bond donors (Lipinski definition) is 2. The smallest absolute Gasteiger partial charge is 0.372 e. The predicted octanol–water partition coefficient (Wildman–Crippen LogP) is 6.53. The molecule has 0 saturated heterocycles. The molecule has 2 N–H and O–H groups in total. The summed E-state index contributed by atoms with van der Waals surface area (Å²) in [6.07, 6.45) is -4.22. The van der Waals surface area contributed by atoms with Gasteiger partial charge in [0, 0.05) is 29.8 Å². The zero-order valence-corrected chi connectivity index (χ0v) is 21.3. The standard InChI is InChI=1S/C23H21Cl4F3N2O3/c1-12-7-13(9-14(24)8-12)18-19(23(18,26)27)21(34)32-15-3-4-17(25)16(10-15)20(33)31-5-2-6-35-11-22(28,29)30/h3-4,7-10,18-19H,2,5-6,11H2,1H3,(H,31,33)(H,32,34). The summed E-state index contributed by atoms with van der Waals surface area (Å²) >= 11 is 25.0. The third-order valence-electron chi connectivity index (χ3n) is 5.25. The van der Waals surface area contributed by atoms with Crippen LogP contribution in [0.5, 0.6) is 0 Å². The molecule has 0 aromatic heterocycles. The fourth-order valence-corrected chi connectivity index (χ4v) is 5.00. The molecule has 35 heavy (non-hydrogen) atoms. The Morgan fingerprint density at radius 3 is 2.49 bits per heavy atom. The maximum absolute atomic E-state index is 12.9. The second-order valence-corrected chi connectivity index (χ2v) is 10.4. The zero-order chi connectivity index (χ0) is 26.0. The van der Waals surface area contributed by atoms with E-state index in [9.17, 15) is 22.8 Å². The van der Waals surface area contributed by atoms with Crippen molar-refractivity contribution in [1.29, 1.82) is 0 Å². The van der Waals surface area contributed by atoms with Crippen LogP contribution in [-0.4, -0.2) is 42.1 Å². The molecular weight excluding hydrogens is 551 g/mol. The van der Waals surface area contributed by atoms with Crippen LogP contribution in [0.3, 0.4) is 0 Å². The molecule has 0 bridgehead atoms. The Bertz CT molecular complexity index is 1090. The molecule has 190 valence electrons. The molecule has 0 spiro atoms. The van der Waals surface area contributed by atoms with Crippen LogP contribution in [0.25, 0.3) is 0 Å². The molecule has 1 aliphatic rings. The number of benzene rings is 2. The van der Waals surface area contributed by atoms with E-state index in [1.165, 1.54) is 18.2 Å². The second kappa shape index (κ2) is 11.1. The van der Waals surface area contributed by atoms with Gasteiger partial charge in [-0.3, -0.25) is 9.59 Å². The third-order valence-corrected chi connectivity index (χ3v) is 6.74.